The molecule has 1 saturated heterocycles. The number of nitrogens with one attached hydrogen (secondary N) is 1. The third-order valence-electron chi connectivity index (χ3n) is 6.06. The molecule has 1 heterocycles. The Balaban J connectivity index is 1.64. The molecule has 0 atom stereocenters. The Hall–Kier alpha value is -3.58. The first-order valence-corrected chi connectivity index (χ1v) is 11.4. The molecule has 0 spiro atoms. The SMILES string of the molecule is C=N/C=C1/C=CC(F)=C(c2cccc(NC)c2)C1=Nc1ccc(N2CCN(CCF)CC2)cc1. The number of anilines is 2. The molecular weight excluding hydrogens is 432 g/mol. The summed E-state index contributed by atoms with van der Waals surface area (Å²) in [4.78, 5) is 13.2. The van der Waals surface area contributed by atoms with Gasteiger partial charge in [0.1, 0.15) is 12.5 Å². The molecule has 1 aliphatic carbocycles. The first kappa shape index (κ1) is 23.6. The van der Waals surface area contributed by atoms with Gasteiger partial charge in [0.15, 0.2) is 0 Å². The number of hydrogen-bond donors (Lipinski definition) is 1. The predicted octanol–water partition coefficient (Wildman–Crippen LogP) is 5.43. The third-order valence-corrected chi connectivity index (χ3v) is 6.06. The molecule has 0 saturated carbocycles. The Labute approximate surface area is 199 Å². The van der Waals surface area contributed by atoms with Crippen molar-refractivity contribution >= 4 is 35.1 Å². The summed E-state index contributed by atoms with van der Waals surface area (Å²) in [6.07, 6.45) is 4.69. The van der Waals surface area contributed by atoms with Crippen LogP contribution in [0.15, 0.2) is 88.3 Å². The number of nitrogens with zero attached hydrogens (tertiary/aromatic N) is 4. The molecule has 7 heteroatoms. The number of hydrogen-bond acceptors (Lipinski definition) is 5. The fraction of sp³-hybridized carbons (Fsp3) is 0.259. The van der Waals surface area contributed by atoms with Crippen LogP contribution in [0.25, 0.3) is 5.57 Å². The fourth-order valence-corrected chi connectivity index (χ4v) is 4.23. The van der Waals surface area contributed by atoms with Crippen molar-refractivity contribution < 1.29 is 8.78 Å². The maximum absolute atomic E-state index is 15.1. The van der Waals surface area contributed by atoms with Gasteiger partial charge in [-0.05, 0) is 60.8 Å². The molecule has 5 nitrogen and oxygen atoms in total. The van der Waals surface area contributed by atoms with Crippen LogP contribution < -0.4 is 10.2 Å². The Morgan fingerprint density at radius 2 is 1.82 bits per heavy atom. The van der Waals surface area contributed by atoms with E-state index >= 15 is 4.39 Å². The first-order valence-electron chi connectivity index (χ1n) is 11.4. The molecule has 0 amide bonds. The van der Waals surface area contributed by atoms with Crippen LogP contribution >= 0.6 is 0 Å². The van der Waals surface area contributed by atoms with E-state index in [1.807, 2.05) is 55.6 Å². The molecule has 0 radical (unpaired) electrons. The highest BCUT2D eigenvalue weighted by Gasteiger charge is 2.22. The summed E-state index contributed by atoms with van der Waals surface area (Å²) in [5.74, 6) is -0.351. The van der Waals surface area contributed by atoms with Gasteiger partial charge in [-0.1, -0.05) is 12.1 Å². The molecule has 0 bridgehead atoms. The highest BCUT2D eigenvalue weighted by Crippen LogP contribution is 2.33. The minimum atomic E-state index is -0.351. The molecule has 2 aromatic carbocycles. The van der Waals surface area contributed by atoms with Crippen molar-refractivity contribution in [1.29, 1.82) is 0 Å². The average Bonchev–Trinajstić information content (AvgIpc) is 2.87. The Kier molecular flexibility index (Phi) is 7.65. The van der Waals surface area contributed by atoms with Crippen molar-refractivity contribution in [2.75, 3.05) is 56.7 Å². The van der Waals surface area contributed by atoms with Gasteiger partial charge in [-0.3, -0.25) is 9.89 Å². The van der Waals surface area contributed by atoms with Gasteiger partial charge in [0, 0.05) is 68.5 Å². The van der Waals surface area contributed by atoms with E-state index in [1.165, 1.54) is 6.08 Å². The summed E-state index contributed by atoms with van der Waals surface area (Å²) in [5, 5.41) is 3.10. The second-order valence-corrected chi connectivity index (χ2v) is 8.15. The van der Waals surface area contributed by atoms with E-state index in [1.54, 1.807) is 12.3 Å². The largest absolute Gasteiger partial charge is 0.388 e. The van der Waals surface area contributed by atoms with E-state index in [2.05, 4.69) is 26.8 Å². The second kappa shape index (κ2) is 11.0. The van der Waals surface area contributed by atoms with Gasteiger partial charge >= 0.3 is 0 Å². The lowest BCUT2D eigenvalue weighted by Gasteiger charge is -2.35. The molecular formula is C27H29F2N5. The van der Waals surface area contributed by atoms with Gasteiger partial charge in [-0.25, -0.2) is 13.8 Å². The van der Waals surface area contributed by atoms with E-state index in [9.17, 15) is 4.39 Å². The molecule has 2 aliphatic rings. The van der Waals surface area contributed by atoms with E-state index < -0.39 is 0 Å². The minimum absolute atomic E-state index is 0.307. The van der Waals surface area contributed by atoms with Crippen molar-refractivity contribution in [1.82, 2.24) is 4.90 Å². The lowest BCUT2D eigenvalue weighted by Crippen LogP contribution is -2.47. The van der Waals surface area contributed by atoms with Gasteiger partial charge in [-0.2, -0.15) is 0 Å². The van der Waals surface area contributed by atoms with Gasteiger partial charge in [0.25, 0.3) is 0 Å². The third kappa shape index (κ3) is 5.31. The average molecular weight is 462 g/mol. The van der Waals surface area contributed by atoms with E-state index in [0.29, 0.717) is 23.4 Å². The lowest BCUT2D eigenvalue weighted by atomic mass is 9.91. The summed E-state index contributed by atoms with van der Waals surface area (Å²) in [6.45, 7) is 7.16. The summed E-state index contributed by atoms with van der Waals surface area (Å²) in [5.41, 5.74) is 5.04. The fourth-order valence-electron chi connectivity index (χ4n) is 4.23. The van der Waals surface area contributed by atoms with Crippen molar-refractivity contribution in [2.24, 2.45) is 9.98 Å². The van der Waals surface area contributed by atoms with E-state index in [0.717, 1.165) is 48.8 Å². The van der Waals surface area contributed by atoms with Crippen LogP contribution in [0.3, 0.4) is 0 Å². The van der Waals surface area contributed by atoms with Gasteiger partial charge in [0.05, 0.1) is 11.4 Å². The number of allylic oxidation sites excluding steroid dienone is 5. The molecule has 1 fully saturated rings. The number of aliphatic imine (C=N–C) groups is 2. The molecule has 34 heavy (non-hydrogen) atoms. The van der Waals surface area contributed by atoms with Crippen LogP contribution in [0.5, 0.6) is 0 Å². The molecule has 0 aromatic heterocycles. The number of halogens is 2. The molecule has 0 unspecified atom stereocenters. The van der Waals surface area contributed by atoms with Crippen LogP contribution in [-0.4, -0.2) is 63.8 Å². The maximum atomic E-state index is 15.1. The van der Waals surface area contributed by atoms with E-state index in [-0.39, 0.29) is 12.5 Å². The quantitative estimate of drug-likeness (QED) is 0.560. The summed E-state index contributed by atoms with van der Waals surface area (Å²) in [6, 6.07) is 15.5. The molecule has 2 aromatic rings. The summed E-state index contributed by atoms with van der Waals surface area (Å²) in [7, 11) is 1.83. The zero-order chi connectivity index (χ0) is 23.9. The maximum Gasteiger partial charge on any atom is 0.133 e. The topological polar surface area (TPSA) is 43.2 Å². The second-order valence-electron chi connectivity index (χ2n) is 8.15. The predicted molar refractivity (Wildman–Crippen MR) is 139 cm³/mol. The van der Waals surface area contributed by atoms with Crippen LogP contribution in [0, 0.1) is 0 Å². The normalized spacial score (nSPS) is 19.2. The van der Waals surface area contributed by atoms with Crippen molar-refractivity contribution in [3.63, 3.8) is 0 Å². The van der Waals surface area contributed by atoms with Crippen LogP contribution in [0.2, 0.25) is 0 Å². The summed E-state index contributed by atoms with van der Waals surface area (Å²) < 4.78 is 27.7. The minimum Gasteiger partial charge on any atom is -0.388 e. The summed E-state index contributed by atoms with van der Waals surface area (Å²) >= 11 is 0. The molecule has 1 N–H and O–H groups in total. The molecule has 4 rings (SSSR count). The van der Waals surface area contributed by atoms with Gasteiger partial charge < -0.3 is 10.2 Å². The van der Waals surface area contributed by atoms with Crippen LogP contribution in [-0.2, 0) is 0 Å². The highest BCUT2D eigenvalue weighted by atomic mass is 19.1. The molecule has 176 valence electrons. The monoisotopic (exact) mass is 461 g/mol. The van der Waals surface area contributed by atoms with Crippen molar-refractivity contribution in [3.05, 3.63) is 83.8 Å². The van der Waals surface area contributed by atoms with E-state index in [4.69, 9.17) is 4.99 Å². The van der Waals surface area contributed by atoms with Crippen molar-refractivity contribution in [2.45, 2.75) is 0 Å². The Morgan fingerprint density at radius 3 is 2.50 bits per heavy atom. The zero-order valence-electron chi connectivity index (χ0n) is 19.3. The highest BCUT2D eigenvalue weighted by molar-refractivity contribution is 6.35. The number of alkyl halides is 1. The Morgan fingerprint density at radius 1 is 1.06 bits per heavy atom. The molecule has 1 aliphatic heterocycles. The standard InChI is InChI=1S/C27H29F2N5/c1-30-19-21-6-11-25(29)26(20-4-3-5-23(18-20)31-2)27(21)32-22-7-9-24(10-8-22)34-16-14-33(13-12-28)15-17-34/h3-11,18-19,31H,1,12-17H2,2H3/b21-19-,32-27?. The lowest BCUT2D eigenvalue weighted by molar-refractivity contribution is 0.235. The zero-order valence-corrected chi connectivity index (χ0v) is 19.3. The van der Waals surface area contributed by atoms with Crippen LogP contribution in [0.4, 0.5) is 25.8 Å². The van der Waals surface area contributed by atoms with Crippen LogP contribution in [0.1, 0.15) is 5.56 Å². The van der Waals surface area contributed by atoms with Gasteiger partial charge in [-0.15, -0.1) is 0 Å². The first-order chi connectivity index (χ1) is 16.6. The van der Waals surface area contributed by atoms with Crippen molar-refractivity contribution in [3.8, 4) is 0 Å². The Bertz CT molecular complexity index is 1140. The van der Waals surface area contributed by atoms with Gasteiger partial charge in [0.2, 0.25) is 0 Å². The smallest absolute Gasteiger partial charge is 0.133 e. The number of benzene rings is 2. The number of rotatable bonds is 7. The number of piperazine rings is 1.